The molecule has 0 radical (unpaired) electrons. The number of aromatic nitrogens is 2. The Bertz CT molecular complexity index is 738. The Hall–Kier alpha value is -1.79. The lowest BCUT2D eigenvalue weighted by Gasteiger charge is -2.33. The lowest BCUT2D eigenvalue weighted by Crippen LogP contribution is -2.44. The van der Waals surface area contributed by atoms with Gasteiger partial charge in [-0.2, -0.15) is 0 Å². The van der Waals surface area contributed by atoms with Crippen LogP contribution in [0.2, 0.25) is 5.15 Å². The first kappa shape index (κ1) is 19.0. The van der Waals surface area contributed by atoms with Gasteiger partial charge in [0.2, 0.25) is 5.91 Å². The quantitative estimate of drug-likeness (QED) is 0.783. The standard InChI is InChI=1S/C19H23ClN4OS/c1-13(14-5-7-16(26-2)8-6-14)21-19(25)15-4-3-11-24(12-15)18-10-9-17(20)22-23-18/h5-10,13,15H,3-4,11-12H2,1-2H3,(H,21,25)/t13-,15-/m0/s1. The van der Waals surface area contributed by atoms with Crippen LogP contribution in [0.5, 0.6) is 0 Å². The number of piperidine rings is 1. The molecule has 1 amide bonds. The summed E-state index contributed by atoms with van der Waals surface area (Å²) in [6.45, 7) is 3.56. The number of halogens is 1. The second-order valence-electron chi connectivity index (χ2n) is 6.50. The van der Waals surface area contributed by atoms with E-state index < -0.39 is 0 Å². The van der Waals surface area contributed by atoms with E-state index in [-0.39, 0.29) is 17.9 Å². The number of nitrogens with zero attached hydrogens (tertiary/aromatic N) is 3. The molecular weight excluding hydrogens is 368 g/mol. The minimum atomic E-state index is -0.0471. The normalized spacial score (nSPS) is 18.4. The molecule has 0 bridgehead atoms. The second-order valence-corrected chi connectivity index (χ2v) is 7.77. The predicted molar refractivity (Wildman–Crippen MR) is 107 cm³/mol. The molecule has 138 valence electrons. The molecule has 1 aliphatic heterocycles. The van der Waals surface area contributed by atoms with Gasteiger partial charge >= 0.3 is 0 Å². The summed E-state index contributed by atoms with van der Waals surface area (Å²) in [6, 6.07) is 11.9. The Kier molecular flexibility index (Phi) is 6.38. The van der Waals surface area contributed by atoms with E-state index >= 15 is 0 Å². The summed E-state index contributed by atoms with van der Waals surface area (Å²) in [5.74, 6) is 0.819. The number of hydrogen-bond acceptors (Lipinski definition) is 5. The SMILES string of the molecule is CSc1ccc([C@H](C)NC(=O)[C@H]2CCCN(c3ccc(Cl)nn3)C2)cc1. The monoisotopic (exact) mass is 390 g/mol. The van der Waals surface area contributed by atoms with Crippen LogP contribution in [0.15, 0.2) is 41.3 Å². The van der Waals surface area contributed by atoms with Crippen LogP contribution in [-0.2, 0) is 4.79 Å². The lowest BCUT2D eigenvalue weighted by molar-refractivity contribution is -0.125. The number of benzene rings is 1. The molecule has 1 aromatic carbocycles. The highest BCUT2D eigenvalue weighted by Gasteiger charge is 2.27. The zero-order chi connectivity index (χ0) is 18.5. The van der Waals surface area contributed by atoms with Crippen molar-refractivity contribution in [3.63, 3.8) is 0 Å². The van der Waals surface area contributed by atoms with Gasteiger partial charge in [0.1, 0.15) is 0 Å². The fraction of sp³-hybridized carbons (Fsp3) is 0.421. The van der Waals surface area contributed by atoms with Crippen molar-refractivity contribution in [2.45, 2.75) is 30.7 Å². The molecule has 26 heavy (non-hydrogen) atoms. The molecule has 1 saturated heterocycles. The Labute approximate surface area is 163 Å². The summed E-state index contributed by atoms with van der Waals surface area (Å²) in [5.41, 5.74) is 1.12. The third-order valence-electron chi connectivity index (χ3n) is 4.71. The summed E-state index contributed by atoms with van der Waals surface area (Å²) < 4.78 is 0. The van der Waals surface area contributed by atoms with Crippen LogP contribution >= 0.6 is 23.4 Å². The lowest BCUT2D eigenvalue weighted by atomic mass is 9.96. The molecule has 1 aliphatic rings. The molecule has 0 aliphatic carbocycles. The molecule has 7 heteroatoms. The Balaban J connectivity index is 1.60. The van der Waals surface area contributed by atoms with Gasteiger partial charge in [-0.1, -0.05) is 23.7 Å². The van der Waals surface area contributed by atoms with Gasteiger partial charge in [0.15, 0.2) is 11.0 Å². The van der Waals surface area contributed by atoms with Crippen LogP contribution in [0.1, 0.15) is 31.4 Å². The maximum absolute atomic E-state index is 12.7. The van der Waals surface area contributed by atoms with E-state index in [4.69, 9.17) is 11.6 Å². The maximum Gasteiger partial charge on any atom is 0.225 e. The third kappa shape index (κ3) is 4.68. The largest absolute Gasteiger partial charge is 0.354 e. The van der Waals surface area contributed by atoms with Crippen LogP contribution in [0.25, 0.3) is 0 Å². The van der Waals surface area contributed by atoms with Crippen LogP contribution in [0, 0.1) is 5.92 Å². The molecule has 2 atom stereocenters. The van der Waals surface area contributed by atoms with Gasteiger partial charge in [0.25, 0.3) is 0 Å². The van der Waals surface area contributed by atoms with Gasteiger partial charge in [0, 0.05) is 18.0 Å². The highest BCUT2D eigenvalue weighted by atomic mass is 35.5. The average Bonchev–Trinajstić information content (AvgIpc) is 2.68. The van der Waals surface area contributed by atoms with Gasteiger partial charge in [-0.3, -0.25) is 4.79 Å². The summed E-state index contributed by atoms with van der Waals surface area (Å²) >= 11 is 7.52. The van der Waals surface area contributed by atoms with Crippen molar-refractivity contribution in [1.29, 1.82) is 0 Å². The summed E-state index contributed by atoms with van der Waals surface area (Å²) in [6.07, 6.45) is 3.90. The van der Waals surface area contributed by atoms with Gasteiger partial charge in [0.05, 0.1) is 12.0 Å². The highest BCUT2D eigenvalue weighted by molar-refractivity contribution is 7.98. The molecule has 2 heterocycles. The van der Waals surface area contributed by atoms with Gasteiger partial charge in [-0.05, 0) is 55.9 Å². The summed E-state index contributed by atoms with van der Waals surface area (Å²) in [5, 5.41) is 11.6. The molecular formula is C19H23ClN4OS. The van der Waals surface area contributed by atoms with E-state index in [0.717, 1.165) is 30.8 Å². The maximum atomic E-state index is 12.7. The highest BCUT2D eigenvalue weighted by Crippen LogP contribution is 2.24. The van der Waals surface area contributed by atoms with Gasteiger partial charge in [-0.15, -0.1) is 22.0 Å². The second kappa shape index (κ2) is 8.73. The van der Waals surface area contributed by atoms with Crippen LogP contribution in [-0.4, -0.2) is 35.4 Å². The molecule has 0 unspecified atom stereocenters. The predicted octanol–water partition coefficient (Wildman–Crippen LogP) is 3.95. The number of carbonyl (C=O) groups excluding carboxylic acids is 1. The number of thioether (sulfide) groups is 1. The van der Waals surface area contributed by atoms with Crippen molar-refractivity contribution < 1.29 is 4.79 Å². The van der Waals surface area contributed by atoms with E-state index in [1.165, 1.54) is 4.90 Å². The molecule has 2 aromatic rings. The van der Waals surface area contributed by atoms with E-state index in [2.05, 4.69) is 50.9 Å². The van der Waals surface area contributed by atoms with Crippen molar-refractivity contribution in [2.75, 3.05) is 24.2 Å². The zero-order valence-electron chi connectivity index (χ0n) is 15.0. The molecule has 1 aromatic heterocycles. The number of nitrogens with one attached hydrogen (secondary N) is 1. The first-order valence-corrected chi connectivity index (χ1v) is 10.4. The molecule has 0 saturated carbocycles. The van der Waals surface area contributed by atoms with Crippen LogP contribution in [0.4, 0.5) is 5.82 Å². The molecule has 0 spiro atoms. The number of hydrogen-bond donors (Lipinski definition) is 1. The third-order valence-corrected chi connectivity index (χ3v) is 5.65. The van der Waals surface area contributed by atoms with Crippen molar-refractivity contribution in [3.05, 3.63) is 47.1 Å². The average molecular weight is 391 g/mol. The van der Waals surface area contributed by atoms with Crippen LogP contribution in [0.3, 0.4) is 0 Å². The Morgan fingerprint density at radius 1 is 1.27 bits per heavy atom. The number of carbonyl (C=O) groups is 1. The molecule has 5 nitrogen and oxygen atoms in total. The topological polar surface area (TPSA) is 58.1 Å². The number of amides is 1. The van der Waals surface area contributed by atoms with E-state index in [9.17, 15) is 4.79 Å². The van der Waals surface area contributed by atoms with Crippen molar-refractivity contribution in [1.82, 2.24) is 15.5 Å². The fourth-order valence-electron chi connectivity index (χ4n) is 3.18. The molecule has 1 fully saturated rings. The summed E-state index contributed by atoms with van der Waals surface area (Å²) in [4.78, 5) is 16.1. The Morgan fingerprint density at radius 3 is 2.69 bits per heavy atom. The zero-order valence-corrected chi connectivity index (χ0v) is 16.6. The number of rotatable bonds is 5. The summed E-state index contributed by atoms with van der Waals surface area (Å²) in [7, 11) is 0. The first-order valence-electron chi connectivity index (χ1n) is 8.75. The fourth-order valence-corrected chi connectivity index (χ4v) is 3.69. The minimum absolute atomic E-state index is 0.0101. The smallest absolute Gasteiger partial charge is 0.225 e. The van der Waals surface area contributed by atoms with Crippen molar-refractivity contribution in [2.24, 2.45) is 5.92 Å². The van der Waals surface area contributed by atoms with E-state index in [1.54, 1.807) is 17.8 Å². The Morgan fingerprint density at radius 2 is 2.04 bits per heavy atom. The first-order chi connectivity index (χ1) is 12.6. The van der Waals surface area contributed by atoms with Crippen molar-refractivity contribution in [3.8, 4) is 0 Å². The van der Waals surface area contributed by atoms with Gasteiger partial charge in [-0.25, -0.2) is 0 Å². The van der Waals surface area contributed by atoms with E-state index in [0.29, 0.717) is 11.7 Å². The number of anilines is 1. The molecule has 1 N–H and O–H groups in total. The van der Waals surface area contributed by atoms with Crippen molar-refractivity contribution >= 4 is 35.1 Å². The molecule has 3 rings (SSSR count). The minimum Gasteiger partial charge on any atom is -0.354 e. The van der Waals surface area contributed by atoms with E-state index in [1.807, 2.05) is 13.0 Å². The van der Waals surface area contributed by atoms with Crippen LogP contribution < -0.4 is 10.2 Å². The van der Waals surface area contributed by atoms with Gasteiger partial charge < -0.3 is 10.2 Å².